The highest BCUT2D eigenvalue weighted by Gasteiger charge is 2.19. The number of aliphatic hydroxyl groups excluding tert-OH is 1. The van der Waals surface area contributed by atoms with Crippen LogP contribution in [0.15, 0.2) is 27.8 Å². The highest BCUT2D eigenvalue weighted by Crippen LogP contribution is 2.22. The van der Waals surface area contributed by atoms with Gasteiger partial charge in [-0.3, -0.25) is 15.5 Å². The van der Waals surface area contributed by atoms with Gasteiger partial charge in [-0.15, -0.1) is 0 Å². The predicted octanol–water partition coefficient (Wildman–Crippen LogP) is 1.80. The summed E-state index contributed by atoms with van der Waals surface area (Å²) >= 11 is 5.68. The number of carbonyl (C=O) groups excluding carboxylic acids is 1. The van der Waals surface area contributed by atoms with E-state index in [9.17, 15) is 14.4 Å². The van der Waals surface area contributed by atoms with E-state index in [2.05, 4.69) is 19.9 Å². The van der Waals surface area contributed by atoms with Crippen LogP contribution in [-0.2, 0) is 11.2 Å². The lowest BCUT2D eigenvalue weighted by atomic mass is 10.1. The van der Waals surface area contributed by atoms with Crippen molar-refractivity contribution in [1.82, 2.24) is 15.8 Å². The fourth-order valence-corrected chi connectivity index (χ4v) is 2.04. The van der Waals surface area contributed by atoms with E-state index in [0.29, 0.717) is 6.42 Å². The van der Waals surface area contributed by atoms with Gasteiger partial charge in [0.2, 0.25) is 0 Å². The number of nitrogens with one attached hydrogen (secondary N) is 1. The van der Waals surface area contributed by atoms with Crippen LogP contribution in [0.3, 0.4) is 0 Å². The quantitative estimate of drug-likeness (QED) is 0.393. The van der Waals surface area contributed by atoms with Crippen molar-refractivity contribution in [2.45, 2.75) is 19.3 Å². The number of hydrogen-bond donors (Lipinski definition) is 3. The number of aromatic nitrogens is 2. The number of hydroxylamine groups is 1. The van der Waals surface area contributed by atoms with Crippen molar-refractivity contribution < 1.29 is 24.1 Å². The molecule has 0 aliphatic heterocycles. The van der Waals surface area contributed by atoms with E-state index in [1.54, 1.807) is 0 Å². The molecule has 0 unspecified atom stereocenters. The summed E-state index contributed by atoms with van der Waals surface area (Å²) in [5.41, 5.74) is 2.30. The van der Waals surface area contributed by atoms with Crippen molar-refractivity contribution in [3.05, 3.63) is 40.4 Å². The second-order valence-electron chi connectivity index (χ2n) is 4.77. The van der Waals surface area contributed by atoms with Gasteiger partial charge in [-0.25, -0.2) is 14.0 Å². The number of halogens is 2. The fourth-order valence-electron chi connectivity index (χ4n) is 1.87. The van der Waals surface area contributed by atoms with Gasteiger partial charge in [0.05, 0.1) is 17.1 Å². The van der Waals surface area contributed by atoms with E-state index in [-0.39, 0.29) is 53.2 Å². The molecule has 0 radical (unpaired) electrons. The number of ketones is 1. The minimum Gasteiger partial charge on any atom is -0.396 e. The zero-order valence-electron chi connectivity index (χ0n) is 12.4. The third kappa shape index (κ3) is 4.57. The normalized spacial score (nSPS) is 11.6. The third-order valence-electron chi connectivity index (χ3n) is 3.01. The molecule has 0 fully saturated rings. The molecule has 0 saturated carbocycles. The van der Waals surface area contributed by atoms with Crippen molar-refractivity contribution in [3.63, 3.8) is 0 Å². The summed E-state index contributed by atoms with van der Waals surface area (Å²) in [7, 11) is 0. The van der Waals surface area contributed by atoms with Gasteiger partial charge in [-0.1, -0.05) is 16.8 Å². The first-order valence-corrected chi connectivity index (χ1v) is 7.31. The molecule has 24 heavy (non-hydrogen) atoms. The van der Waals surface area contributed by atoms with E-state index >= 15 is 0 Å². The van der Waals surface area contributed by atoms with Crippen LogP contribution in [0.5, 0.6) is 0 Å². The number of aliphatic imine (C=N–C) groups is 1. The lowest BCUT2D eigenvalue weighted by Gasteiger charge is -2.04. The van der Waals surface area contributed by atoms with Crippen LogP contribution in [0, 0.1) is 5.82 Å². The van der Waals surface area contributed by atoms with Gasteiger partial charge >= 0.3 is 0 Å². The number of benzene rings is 1. The largest absolute Gasteiger partial charge is 0.396 e. The standard InChI is InChI=1S/C14H14ClFN4O4/c15-10-6-8(3-4-11(10)16)17-14(18-23)13-12(19-24-20-13)7-9(22)2-1-5-21/h3-4,6,21,23H,1-2,5,7H2,(H,17,18). The number of aliphatic hydroxyl groups is 1. The Labute approximate surface area is 140 Å². The minimum absolute atomic E-state index is 0.0373. The van der Waals surface area contributed by atoms with E-state index in [0.717, 1.165) is 6.07 Å². The highest BCUT2D eigenvalue weighted by atomic mass is 35.5. The van der Waals surface area contributed by atoms with Gasteiger partial charge in [0, 0.05) is 13.0 Å². The molecular formula is C14H14ClFN4O4. The minimum atomic E-state index is -0.604. The Morgan fingerprint density at radius 2 is 2.21 bits per heavy atom. The lowest BCUT2D eigenvalue weighted by Crippen LogP contribution is -2.22. The molecule has 8 nitrogen and oxygen atoms in total. The zero-order chi connectivity index (χ0) is 17.5. The van der Waals surface area contributed by atoms with E-state index in [1.807, 2.05) is 5.48 Å². The second kappa shape index (κ2) is 8.48. The maximum Gasteiger partial charge on any atom is 0.182 e. The summed E-state index contributed by atoms with van der Waals surface area (Å²) in [4.78, 5) is 15.8. The van der Waals surface area contributed by atoms with Gasteiger partial charge in [0.25, 0.3) is 0 Å². The maximum absolute atomic E-state index is 13.2. The van der Waals surface area contributed by atoms with Crippen molar-refractivity contribution in [1.29, 1.82) is 0 Å². The van der Waals surface area contributed by atoms with Crippen molar-refractivity contribution >= 4 is 28.9 Å². The van der Waals surface area contributed by atoms with E-state index < -0.39 is 5.82 Å². The molecule has 2 aromatic rings. The topological polar surface area (TPSA) is 121 Å². The molecule has 3 N–H and O–H groups in total. The molecule has 0 aliphatic carbocycles. The Morgan fingerprint density at radius 1 is 1.42 bits per heavy atom. The summed E-state index contributed by atoms with van der Waals surface area (Å²) in [6.07, 6.45) is 0.422. The average molecular weight is 357 g/mol. The smallest absolute Gasteiger partial charge is 0.182 e. The molecule has 0 spiro atoms. The number of nitrogens with zero attached hydrogens (tertiary/aromatic N) is 3. The molecular weight excluding hydrogens is 343 g/mol. The molecule has 0 saturated heterocycles. The Bertz CT molecular complexity index is 750. The lowest BCUT2D eigenvalue weighted by molar-refractivity contribution is -0.118. The Kier molecular flexibility index (Phi) is 6.36. The number of amidine groups is 1. The van der Waals surface area contributed by atoms with Crippen molar-refractivity contribution in [2.24, 2.45) is 4.99 Å². The summed E-state index contributed by atoms with van der Waals surface area (Å²) in [6, 6.07) is 3.72. The Morgan fingerprint density at radius 3 is 2.88 bits per heavy atom. The number of Topliss-reactive ketones (excluding diaryl/α,β-unsaturated/α-hetero) is 1. The average Bonchev–Trinajstić information content (AvgIpc) is 3.01. The van der Waals surface area contributed by atoms with Crippen LogP contribution >= 0.6 is 11.6 Å². The molecule has 1 aromatic carbocycles. The van der Waals surface area contributed by atoms with Crippen LogP contribution in [0.1, 0.15) is 24.2 Å². The van der Waals surface area contributed by atoms with Gasteiger partial charge < -0.3 is 5.11 Å². The Balaban J connectivity index is 2.24. The molecule has 128 valence electrons. The van der Waals surface area contributed by atoms with Gasteiger partial charge in [0.15, 0.2) is 11.5 Å². The molecule has 0 atom stereocenters. The molecule has 0 amide bonds. The summed E-state index contributed by atoms with van der Waals surface area (Å²) < 4.78 is 17.8. The maximum atomic E-state index is 13.2. The van der Waals surface area contributed by atoms with Crippen molar-refractivity contribution in [3.8, 4) is 0 Å². The molecule has 1 aromatic heterocycles. The summed E-state index contributed by atoms with van der Waals surface area (Å²) in [6.45, 7) is -0.0914. The van der Waals surface area contributed by atoms with Crippen LogP contribution in [0.2, 0.25) is 5.02 Å². The van der Waals surface area contributed by atoms with Crippen molar-refractivity contribution in [2.75, 3.05) is 6.61 Å². The molecule has 1 heterocycles. The van der Waals surface area contributed by atoms with Gasteiger partial charge in [-0.05, 0) is 29.8 Å². The predicted molar refractivity (Wildman–Crippen MR) is 81.9 cm³/mol. The molecule has 0 bridgehead atoms. The van der Waals surface area contributed by atoms with Gasteiger partial charge in [-0.2, -0.15) is 0 Å². The monoisotopic (exact) mass is 356 g/mol. The Hall–Kier alpha value is -2.36. The first kappa shape index (κ1) is 18.0. The van der Waals surface area contributed by atoms with Crippen LogP contribution < -0.4 is 5.48 Å². The fraction of sp³-hybridized carbons (Fsp3) is 0.286. The summed E-state index contributed by atoms with van der Waals surface area (Å²) in [5.74, 6) is -0.917. The van der Waals surface area contributed by atoms with E-state index in [4.69, 9.17) is 16.7 Å². The van der Waals surface area contributed by atoms with Crippen LogP contribution in [0.4, 0.5) is 10.1 Å². The number of carbonyl (C=O) groups is 1. The van der Waals surface area contributed by atoms with E-state index in [1.165, 1.54) is 12.1 Å². The highest BCUT2D eigenvalue weighted by molar-refractivity contribution is 6.31. The third-order valence-corrected chi connectivity index (χ3v) is 3.30. The second-order valence-corrected chi connectivity index (χ2v) is 5.18. The first-order chi connectivity index (χ1) is 11.5. The first-order valence-electron chi connectivity index (χ1n) is 6.93. The summed E-state index contributed by atoms with van der Waals surface area (Å²) in [5, 5.41) is 25.1. The SMILES string of the molecule is O=C(CCCO)Cc1nonc1C(=Nc1ccc(F)c(Cl)c1)NO. The number of rotatable bonds is 7. The van der Waals surface area contributed by atoms with Crippen LogP contribution in [-0.4, -0.2) is 38.9 Å². The zero-order valence-corrected chi connectivity index (χ0v) is 13.1. The number of hydrogen-bond acceptors (Lipinski definition) is 7. The molecule has 10 heteroatoms. The molecule has 2 rings (SSSR count). The van der Waals surface area contributed by atoms with Crippen LogP contribution in [0.25, 0.3) is 0 Å². The van der Waals surface area contributed by atoms with Gasteiger partial charge in [0.1, 0.15) is 17.3 Å². The molecule has 0 aliphatic rings.